The zero-order valence-electron chi connectivity index (χ0n) is 15.0. The number of rotatable bonds is 4. The molecule has 30 heavy (non-hydrogen) atoms. The molecule has 2 amide bonds. The molecule has 2 aromatic carbocycles. The zero-order chi connectivity index (χ0) is 21.4. The second-order valence-electron chi connectivity index (χ2n) is 6.29. The third-order valence-corrected chi connectivity index (χ3v) is 6.53. The van der Waals surface area contributed by atoms with E-state index < -0.39 is 11.1 Å². The topological polar surface area (TPSA) is 50.5 Å². The van der Waals surface area contributed by atoms with E-state index in [1.54, 1.807) is 48.5 Å². The Bertz CT molecular complexity index is 1180. The Hall–Kier alpha value is -1.89. The van der Waals surface area contributed by atoms with E-state index >= 15 is 0 Å². The monoisotopic (exact) mass is 497 g/mol. The van der Waals surface area contributed by atoms with Gasteiger partial charge in [-0.15, -0.1) is 0 Å². The van der Waals surface area contributed by atoms with Gasteiger partial charge >= 0.3 is 0 Å². The molecular formula is C21H11Cl4NO3S. The summed E-state index contributed by atoms with van der Waals surface area (Å²) in [6.07, 6.45) is 1.51. The number of furan rings is 1. The number of amides is 2. The first-order valence-electron chi connectivity index (χ1n) is 8.57. The van der Waals surface area contributed by atoms with Crippen molar-refractivity contribution in [1.29, 1.82) is 0 Å². The smallest absolute Gasteiger partial charge is 0.293 e. The van der Waals surface area contributed by atoms with Crippen LogP contribution >= 0.6 is 58.2 Å². The van der Waals surface area contributed by atoms with E-state index in [9.17, 15) is 9.59 Å². The Morgan fingerprint density at radius 2 is 1.67 bits per heavy atom. The van der Waals surface area contributed by atoms with Crippen LogP contribution in [0.4, 0.5) is 4.79 Å². The van der Waals surface area contributed by atoms with Crippen molar-refractivity contribution in [2.45, 2.75) is 6.54 Å². The summed E-state index contributed by atoms with van der Waals surface area (Å²) in [5.41, 5.74) is 1.14. The molecule has 152 valence electrons. The number of carbonyl (C=O) groups excluding carboxylic acids is 2. The molecule has 0 aliphatic carbocycles. The maximum absolute atomic E-state index is 12.8. The highest BCUT2D eigenvalue weighted by Gasteiger charge is 2.36. The molecule has 1 aromatic heterocycles. The van der Waals surface area contributed by atoms with E-state index in [1.807, 2.05) is 0 Å². The first-order chi connectivity index (χ1) is 14.3. The van der Waals surface area contributed by atoms with Crippen molar-refractivity contribution in [2.24, 2.45) is 0 Å². The van der Waals surface area contributed by atoms with Gasteiger partial charge in [-0.1, -0.05) is 52.5 Å². The van der Waals surface area contributed by atoms with Crippen molar-refractivity contribution in [3.63, 3.8) is 0 Å². The van der Waals surface area contributed by atoms with E-state index in [4.69, 9.17) is 50.8 Å². The summed E-state index contributed by atoms with van der Waals surface area (Å²) in [6, 6.07) is 13.5. The van der Waals surface area contributed by atoms with Crippen molar-refractivity contribution in [3.8, 4) is 11.3 Å². The van der Waals surface area contributed by atoms with Crippen LogP contribution in [0.2, 0.25) is 20.1 Å². The van der Waals surface area contributed by atoms with Crippen LogP contribution in [-0.2, 0) is 11.3 Å². The summed E-state index contributed by atoms with van der Waals surface area (Å²) in [5.74, 6) is 0.456. The summed E-state index contributed by atoms with van der Waals surface area (Å²) in [6.45, 7) is -0.0119. The van der Waals surface area contributed by atoms with Crippen LogP contribution in [0.3, 0.4) is 0 Å². The van der Waals surface area contributed by atoms with Crippen LogP contribution in [0, 0.1) is 0 Å². The number of hydrogen-bond acceptors (Lipinski definition) is 4. The molecule has 0 atom stereocenters. The van der Waals surface area contributed by atoms with Crippen LogP contribution in [0.5, 0.6) is 0 Å². The van der Waals surface area contributed by atoms with Crippen molar-refractivity contribution in [1.82, 2.24) is 4.90 Å². The number of nitrogens with zero attached hydrogens (tertiary/aromatic N) is 1. The minimum absolute atomic E-state index is 0.0119. The molecule has 9 heteroatoms. The fourth-order valence-electron chi connectivity index (χ4n) is 2.87. The van der Waals surface area contributed by atoms with E-state index in [0.717, 1.165) is 16.7 Å². The molecule has 0 saturated carbocycles. The van der Waals surface area contributed by atoms with Gasteiger partial charge in [0.2, 0.25) is 0 Å². The first kappa shape index (κ1) is 21.3. The van der Waals surface area contributed by atoms with Crippen LogP contribution in [0.15, 0.2) is 57.9 Å². The Morgan fingerprint density at radius 3 is 2.40 bits per heavy atom. The van der Waals surface area contributed by atoms with Crippen molar-refractivity contribution in [3.05, 3.63) is 84.9 Å². The maximum Gasteiger partial charge on any atom is 0.293 e. The van der Waals surface area contributed by atoms with E-state index in [2.05, 4.69) is 0 Å². The molecule has 1 saturated heterocycles. The molecule has 0 N–H and O–H groups in total. The number of thioether (sulfide) groups is 1. The second kappa shape index (κ2) is 8.69. The lowest BCUT2D eigenvalue weighted by molar-refractivity contribution is -0.123. The Kier molecular flexibility index (Phi) is 6.19. The predicted octanol–water partition coefficient (Wildman–Crippen LogP) is 7.80. The van der Waals surface area contributed by atoms with Gasteiger partial charge < -0.3 is 4.42 Å². The van der Waals surface area contributed by atoms with Crippen molar-refractivity contribution in [2.75, 3.05) is 0 Å². The molecule has 1 aliphatic heterocycles. The first-order valence-corrected chi connectivity index (χ1v) is 10.9. The normalized spacial score (nSPS) is 15.5. The predicted molar refractivity (Wildman–Crippen MR) is 122 cm³/mol. The fraction of sp³-hybridized carbons (Fsp3) is 0.0476. The van der Waals surface area contributed by atoms with Gasteiger partial charge in [0.25, 0.3) is 11.1 Å². The largest absolute Gasteiger partial charge is 0.457 e. The molecule has 4 rings (SSSR count). The fourth-order valence-corrected chi connectivity index (χ4v) is 4.59. The van der Waals surface area contributed by atoms with E-state index in [-0.39, 0.29) is 11.4 Å². The van der Waals surface area contributed by atoms with Crippen molar-refractivity contribution >= 4 is 75.4 Å². The lowest BCUT2D eigenvalue weighted by Crippen LogP contribution is -2.27. The summed E-state index contributed by atoms with van der Waals surface area (Å²) in [5, 5.41) is 1.37. The summed E-state index contributed by atoms with van der Waals surface area (Å²) >= 11 is 25.4. The molecule has 4 nitrogen and oxygen atoms in total. The Labute approximate surface area is 196 Å². The minimum Gasteiger partial charge on any atom is -0.457 e. The van der Waals surface area contributed by atoms with Gasteiger partial charge in [0.05, 0.1) is 16.5 Å². The third kappa shape index (κ3) is 4.27. The zero-order valence-corrected chi connectivity index (χ0v) is 18.8. The molecule has 3 aromatic rings. The number of hydrogen-bond donors (Lipinski definition) is 0. The van der Waals surface area contributed by atoms with Crippen molar-refractivity contribution < 1.29 is 14.0 Å². The lowest BCUT2D eigenvalue weighted by Gasteiger charge is -2.14. The van der Waals surface area contributed by atoms with Crippen LogP contribution in [-0.4, -0.2) is 16.0 Å². The van der Waals surface area contributed by atoms with Crippen LogP contribution in [0.1, 0.15) is 11.3 Å². The van der Waals surface area contributed by atoms with E-state index in [1.165, 1.54) is 6.08 Å². The maximum atomic E-state index is 12.8. The highest BCUT2D eigenvalue weighted by molar-refractivity contribution is 8.18. The standard InChI is InChI=1S/C21H11Cl4NO3S/c22-11-4-6-17(25)13(8-11)18-7-5-12(29-18)9-19-20(27)26(21(28)30-19)10-14-15(23)2-1-3-16(14)24/h1-9H,10H2/b19-9-. The second-order valence-corrected chi connectivity index (χ2v) is 8.95. The van der Waals surface area contributed by atoms with Gasteiger partial charge in [-0.05, 0) is 54.2 Å². The number of halogens is 4. The van der Waals surface area contributed by atoms with E-state index in [0.29, 0.717) is 42.7 Å². The highest BCUT2D eigenvalue weighted by atomic mass is 35.5. The Balaban J connectivity index is 1.58. The molecule has 0 unspecified atom stereocenters. The van der Waals surface area contributed by atoms with Crippen LogP contribution in [0.25, 0.3) is 17.4 Å². The molecule has 1 fully saturated rings. The number of benzene rings is 2. The summed E-state index contributed by atoms with van der Waals surface area (Å²) < 4.78 is 5.79. The SMILES string of the molecule is O=C1S/C(=C\c2ccc(-c3cc(Cl)ccc3Cl)o2)C(=O)N1Cc1c(Cl)cccc1Cl. The van der Waals surface area contributed by atoms with Gasteiger partial charge in [-0.2, -0.15) is 0 Å². The molecule has 0 bridgehead atoms. The minimum atomic E-state index is -0.445. The number of carbonyl (C=O) groups is 2. The summed E-state index contributed by atoms with van der Waals surface area (Å²) in [4.78, 5) is 26.5. The molecule has 0 radical (unpaired) electrons. The van der Waals surface area contributed by atoms with Gasteiger partial charge in [0.15, 0.2) is 0 Å². The number of imide groups is 1. The van der Waals surface area contributed by atoms with Gasteiger partial charge in [-0.25, -0.2) is 0 Å². The Morgan fingerprint density at radius 1 is 0.933 bits per heavy atom. The molecule has 2 heterocycles. The van der Waals surface area contributed by atoms with Gasteiger partial charge in [-0.3, -0.25) is 14.5 Å². The average molecular weight is 499 g/mol. The quantitative estimate of drug-likeness (QED) is 0.344. The summed E-state index contributed by atoms with van der Waals surface area (Å²) in [7, 11) is 0. The average Bonchev–Trinajstić information content (AvgIpc) is 3.26. The molecular weight excluding hydrogens is 488 g/mol. The highest BCUT2D eigenvalue weighted by Crippen LogP contribution is 2.37. The van der Waals surface area contributed by atoms with Gasteiger partial charge in [0.1, 0.15) is 11.5 Å². The van der Waals surface area contributed by atoms with Crippen LogP contribution < -0.4 is 0 Å². The molecule has 1 aliphatic rings. The molecule has 0 spiro atoms. The third-order valence-electron chi connectivity index (χ3n) is 4.35. The lowest BCUT2D eigenvalue weighted by atomic mass is 10.2. The van der Waals surface area contributed by atoms with Gasteiger partial charge in [0, 0.05) is 32.3 Å².